The molecular formula is C12H8ClF3N2O2S. The van der Waals surface area contributed by atoms with Crippen LogP contribution in [0.5, 0.6) is 0 Å². The Morgan fingerprint density at radius 2 is 2.14 bits per heavy atom. The lowest BCUT2D eigenvalue weighted by molar-refractivity contribution is -0.138. The molecule has 0 atom stereocenters. The molecule has 0 aliphatic carbocycles. The third-order valence-electron chi connectivity index (χ3n) is 2.55. The molecule has 0 radical (unpaired) electrons. The Labute approximate surface area is 126 Å². The molecule has 1 aromatic heterocycles. The predicted octanol–water partition coefficient (Wildman–Crippen LogP) is 4.13. The van der Waals surface area contributed by atoms with Crippen molar-refractivity contribution in [2.45, 2.75) is 12.7 Å². The van der Waals surface area contributed by atoms with Crippen LogP contribution in [0.1, 0.15) is 20.8 Å². The lowest BCUT2D eigenvalue weighted by Gasteiger charge is -2.13. The number of carboxylic acids is 1. The zero-order valence-electron chi connectivity index (χ0n) is 10.2. The summed E-state index contributed by atoms with van der Waals surface area (Å²) in [4.78, 5) is 15.4. The minimum Gasteiger partial charge on any atom is -0.478 e. The van der Waals surface area contributed by atoms with E-state index in [9.17, 15) is 18.0 Å². The average Bonchev–Trinajstić information content (AvgIpc) is 2.81. The third-order valence-corrected chi connectivity index (χ3v) is 3.66. The number of hydrogen-bond acceptors (Lipinski definition) is 4. The van der Waals surface area contributed by atoms with Crippen molar-refractivity contribution in [3.05, 3.63) is 44.9 Å². The van der Waals surface area contributed by atoms with Crippen LogP contribution in [0.2, 0.25) is 4.47 Å². The van der Waals surface area contributed by atoms with Crippen molar-refractivity contribution in [2.24, 2.45) is 0 Å². The Morgan fingerprint density at radius 1 is 1.43 bits per heavy atom. The van der Waals surface area contributed by atoms with Crippen molar-refractivity contribution in [3.8, 4) is 0 Å². The summed E-state index contributed by atoms with van der Waals surface area (Å²) in [5.41, 5.74) is -1.81. The fourth-order valence-electron chi connectivity index (χ4n) is 1.63. The highest BCUT2D eigenvalue weighted by Crippen LogP contribution is 2.34. The third kappa shape index (κ3) is 3.85. The highest BCUT2D eigenvalue weighted by Gasteiger charge is 2.35. The van der Waals surface area contributed by atoms with Crippen LogP contribution in [0, 0.1) is 0 Å². The highest BCUT2D eigenvalue weighted by atomic mass is 35.5. The summed E-state index contributed by atoms with van der Waals surface area (Å²) in [6.07, 6.45) is -3.23. The van der Waals surface area contributed by atoms with Crippen molar-refractivity contribution in [1.29, 1.82) is 0 Å². The molecule has 112 valence electrons. The normalized spacial score (nSPS) is 11.4. The molecule has 4 nitrogen and oxygen atoms in total. The molecule has 0 saturated carbocycles. The van der Waals surface area contributed by atoms with Crippen LogP contribution in [0.25, 0.3) is 0 Å². The van der Waals surface area contributed by atoms with Crippen molar-refractivity contribution in [1.82, 2.24) is 4.98 Å². The van der Waals surface area contributed by atoms with Crippen LogP contribution in [0.15, 0.2) is 24.4 Å². The maximum atomic E-state index is 12.8. The summed E-state index contributed by atoms with van der Waals surface area (Å²) in [5, 5.41) is 11.6. The molecule has 0 spiro atoms. The maximum absolute atomic E-state index is 12.8. The number of nitrogens with one attached hydrogen (secondary N) is 1. The molecule has 9 heteroatoms. The van der Waals surface area contributed by atoms with E-state index in [2.05, 4.69) is 10.3 Å². The minimum absolute atomic E-state index is 0.164. The summed E-state index contributed by atoms with van der Waals surface area (Å²) in [6, 6.07) is 2.97. The largest absolute Gasteiger partial charge is 0.478 e. The Morgan fingerprint density at radius 3 is 2.67 bits per heavy atom. The van der Waals surface area contributed by atoms with E-state index in [1.165, 1.54) is 23.6 Å². The van der Waals surface area contributed by atoms with Crippen molar-refractivity contribution >= 4 is 34.6 Å². The van der Waals surface area contributed by atoms with Gasteiger partial charge in [0.05, 0.1) is 17.7 Å². The number of halogens is 4. The number of anilines is 1. The molecule has 0 aliphatic heterocycles. The van der Waals surface area contributed by atoms with E-state index >= 15 is 0 Å². The van der Waals surface area contributed by atoms with Gasteiger partial charge in [0, 0.05) is 16.8 Å². The number of carboxylic acid groups (broad SMARTS) is 1. The van der Waals surface area contributed by atoms with Gasteiger partial charge in [-0.3, -0.25) is 0 Å². The first-order chi connectivity index (χ1) is 9.77. The fraction of sp³-hybridized carbons (Fsp3) is 0.167. The van der Waals surface area contributed by atoms with Gasteiger partial charge in [0.15, 0.2) is 4.47 Å². The zero-order chi connectivity index (χ0) is 15.6. The predicted molar refractivity (Wildman–Crippen MR) is 72.9 cm³/mol. The molecule has 0 bridgehead atoms. The van der Waals surface area contributed by atoms with Crippen LogP contribution in [0.4, 0.5) is 18.9 Å². The summed E-state index contributed by atoms with van der Waals surface area (Å²) in [7, 11) is 0. The number of alkyl halides is 3. The second-order valence-electron chi connectivity index (χ2n) is 4.00. The minimum atomic E-state index is -4.74. The summed E-state index contributed by atoms with van der Waals surface area (Å²) in [6.45, 7) is 0.244. The van der Waals surface area contributed by atoms with Gasteiger partial charge in [-0.25, -0.2) is 9.78 Å². The molecule has 0 amide bonds. The maximum Gasteiger partial charge on any atom is 0.417 e. The van der Waals surface area contributed by atoms with Gasteiger partial charge in [-0.05, 0) is 18.2 Å². The molecular weight excluding hydrogens is 329 g/mol. The van der Waals surface area contributed by atoms with Crippen molar-refractivity contribution < 1.29 is 23.1 Å². The smallest absolute Gasteiger partial charge is 0.417 e. The number of aromatic carboxylic acids is 1. The molecule has 1 heterocycles. The topological polar surface area (TPSA) is 62.2 Å². The van der Waals surface area contributed by atoms with E-state index in [-0.39, 0.29) is 12.2 Å². The van der Waals surface area contributed by atoms with Gasteiger partial charge < -0.3 is 10.4 Å². The fourth-order valence-corrected chi connectivity index (χ4v) is 2.55. The van der Waals surface area contributed by atoms with Crippen molar-refractivity contribution in [2.75, 3.05) is 5.32 Å². The summed E-state index contributed by atoms with van der Waals surface area (Å²) in [5.74, 6) is -1.62. The number of hydrogen-bond donors (Lipinski definition) is 2. The highest BCUT2D eigenvalue weighted by molar-refractivity contribution is 7.15. The Balaban J connectivity index is 2.23. The first-order valence-corrected chi connectivity index (χ1v) is 6.75. The first-order valence-electron chi connectivity index (χ1n) is 5.56. The van der Waals surface area contributed by atoms with E-state index in [1.54, 1.807) is 0 Å². The molecule has 2 aromatic rings. The van der Waals surface area contributed by atoms with Crippen molar-refractivity contribution in [3.63, 3.8) is 0 Å². The molecule has 0 aliphatic rings. The first kappa shape index (κ1) is 15.6. The zero-order valence-corrected chi connectivity index (χ0v) is 11.8. The molecule has 0 saturated heterocycles. The standard InChI is InChI=1S/C12H8ClF3N2O2S/c13-11-18-5-7(21-11)4-17-6-1-2-8(10(19)20)9(3-6)12(14,15)16/h1-3,5,17H,4H2,(H,19,20). The van der Waals surface area contributed by atoms with Gasteiger partial charge in [0.2, 0.25) is 0 Å². The quantitative estimate of drug-likeness (QED) is 0.881. The lowest BCUT2D eigenvalue weighted by Crippen LogP contribution is -2.13. The van der Waals surface area contributed by atoms with Crippen LogP contribution in [0.3, 0.4) is 0 Å². The van der Waals surface area contributed by atoms with E-state index in [4.69, 9.17) is 16.7 Å². The second-order valence-corrected chi connectivity index (χ2v) is 5.69. The van der Waals surface area contributed by atoms with Gasteiger partial charge in [-0.2, -0.15) is 13.2 Å². The van der Waals surface area contributed by atoms with Gasteiger partial charge in [-0.15, -0.1) is 11.3 Å². The molecule has 21 heavy (non-hydrogen) atoms. The van der Waals surface area contributed by atoms with E-state index in [0.29, 0.717) is 4.47 Å². The van der Waals surface area contributed by atoms with Gasteiger partial charge in [-0.1, -0.05) is 11.6 Å². The SMILES string of the molecule is O=C(O)c1ccc(NCc2cnc(Cl)s2)cc1C(F)(F)F. The number of rotatable bonds is 4. The Bertz CT molecular complexity index is 673. The van der Waals surface area contributed by atoms with Gasteiger partial charge in [0.25, 0.3) is 0 Å². The number of thiazole rings is 1. The molecule has 0 fully saturated rings. The second kappa shape index (κ2) is 5.90. The number of aromatic nitrogens is 1. The van der Waals surface area contributed by atoms with Crippen LogP contribution >= 0.6 is 22.9 Å². The summed E-state index contributed by atoms with van der Waals surface area (Å²) < 4.78 is 38.9. The van der Waals surface area contributed by atoms with Gasteiger partial charge in [0.1, 0.15) is 0 Å². The van der Waals surface area contributed by atoms with E-state index < -0.39 is 23.3 Å². The summed E-state index contributed by atoms with van der Waals surface area (Å²) >= 11 is 6.85. The van der Waals surface area contributed by atoms with Gasteiger partial charge >= 0.3 is 12.1 Å². The Hall–Kier alpha value is -1.80. The van der Waals surface area contributed by atoms with Crippen LogP contribution < -0.4 is 5.32 Å². The van der Waals surface area contributed by atoms with Crippen LogP contribution in [-0.4, -0.2) is 16.1 Å². The van der Waals surface area contributed by atoms with E-state index in [1.807, 2.05) is 0 Å². The number of nitrogens with zero attached hydrogens (tertiary/aromatic N) is 1. The lowest BCUT2D eigenvalue weighted by atomic mass is 10.1. The van der Waals surface area contributed by atoms with E-state index in [0.717, 1.165) is 17.0 Å². The number of benzene rings is 1. The molecule has 0 unspecified atom stereocenters. The molecule has 2 N–H and O–H groups in total. The molecule has 2 rings (SSSR count). The van der Waals surface area contributed by atoms with Crippen LogP contribution in [-0.2, 0) is 12.7 Å². The molecule has 1 aromatic carbocycles. The average molecular weight is 337 g/mol. The number of carbonyl (C=O) groups is 1. The Kier molecular flexibility index (Phi) is 4.38. The monoisotopic (exact) mass is 336 g/mol.